The Morgan fingerprint density at radius 1 is 1.30 bits per heavy atom. The molecule has 0 bridgehead atoms. The lowest BCUT2D eigenvalue weighted by atomic mass is 10.1. The molecule has 1 amide bonds. The van der Waals surface area contributed by atoms with Crippen LogP contribution in [-0.2, 0) is 9.53 Å². The van der Waals surface area contributed by atoms with Crippen LogP contribution in [-0.4, -0.2) is 54.0 Å². The molecule has 4 atom stereocenters. The maximum atomic E-state index is 11.1. The molecular weight excluding hydrogens is 268 g/mol. The van der Waals surface area contributed by atoms with Crippen LogP contribution in [0.3, 0.4) is 0 Å². The first kappa shape index (κ1) is 12.7. The van der Waals surface area contributed by atoms with E-state index in [-0.39, 0.29) is 5.82 Å². The lowest BCUT2D eigenvalue weighted by Crippen LogP contribution is -2.39. The van der Waals surface area contributed by atoms with E-state index >= 15 is 0 Å². The number of anilines is 1. The fourth-order valence-corrected chi connectivity index (χ4v) is 2.18. The van der Waals surface area contributed by atoms with Gasteiger partial charge in [-0.3, -0.25) is 9.36 Å². The van der Waals surface area contributed by atoms with Crippen molar-refractivity contribution >= 4 is 22.9 Å². The summed E-state index contributed by atoms with van der Waals surface area (Å²) < 4.78 is 6.65. The van der Waals surface area contributed by atoms with Crippen LogP contribution in [0.25, 0.3) is 11.2 Å². The van der Waals surface area contributed by atoms with Gasteiger partial charge in [0.15, 0.2) is 23.8 Å². The highest BCUT2D eigenvalue weighted by atomic mass is 16.6. The zero-order valence-electron chi connectivity index (χ0n) is 10.1. The van der Waals surface area contributed by atoms with Gasteiger partial charge in [0.05, 0.1) is 6.33 Å². The molecule has 0 unspecified atom stereocenters. The Hall–Kier alpha value is -2.30. The molecule has 20 heavy (non-hydrogen) atoms. The standard InChI is InChI=1S/C10H12N6O4/c11-7-3-9(14-1-13-7)16(2-15-3)10-5(18)4(17)6(20-10)8(12)19/h1-2,4-6,10,17-18H,(H2,12,19)(H2,11,13,14)/t4-,5-,6+,10-/m0/s1. The summed E-state index contributed by atoms with van der Waals surface area (Å²) in [4.78, 5) is 22.9. The van der Waals surface area contributed by atoms with Crippen LogP contribution in [0.4, 0.5) is 5.82 Å². The SMILES string of the molecule is NC(=O)[C@@H]1O[C@H](n2cnc3c(N)ncnc32)[C@@H](O)[C@@H]1O. The van der Waals surface area contributed by atoms with E-state index in [0.29, 0.717) is 11.2 Å². The summed E-state index contributed by atoms with van der Waals surface area (Å²) in [5, 5.41) is 19.7. The number of fused-ring (bicyclic) bond motifs is 1. The van der Waals surface area contributed by atoms with Crippen LogP contribution in [0.2, 0.25) is 0 Å². The van der Waals surface area contributed by atoms with E-state index in [0.717, 1.165) is 0 Å². The number of carbonyl (C=O) groups excluding carboxylic acids is 1. The first-order valence-corrected chi connectivity index (χ1v) is 5.74. The number of aliphatic hydroxyl groups is 2. The summed E-state index contributed by atoms with van der Waals surface area (Å²) in [6, 6.07) is 0. The molecule has 2 aromatic heterocycles. The first-order chi connectivity index (χ1) is 9.50. The minimum atomic E-state index is -1.42. The molecule has 0 spiro atoms. The van der Waals surface area contributed by atoms with Crippen molar-refractivity contribution in [2.45, 2.75) is 24.5 Å². The second-order valence-corrected chi connectivity index (χ2v) is 4.41. The number of amides is 1. The number of aromatic nitrogens is 4. The van der Waals surface area contributed by atoms with Gasteiger partial charge in [-0.15, -0.1) is 0 Å². The molecule has 3 heterocycles. The second kappa shape index (κ2) is 4.37. The summed E-state index contributed by atoms with van der Waals surface area (Å²) in [6.45, 7) is 0. The number of hydrogen-bond acceptors (Lipinski definition) is 8. The normalized spacial score (nSPS) is 29.9. The summed E-state index contributed by atoms with van der Waals surface area (Å²) in [5.74, 6) is -0.689. The molecule has 2 aromatic rings. The highest BCUT2D eigenvalue weighted by Crippen LogP contribution is 2.31. The number of nitrogens with zero attached hydrogens (tertiary/aromatic N) is 4. The predicted octanol–water partition coefficient (Wildman–Crippen LogP) is -2.49. The molecule has 6 N–H and O–H groups in total. The molecule has 3 rings (SSSR count). The van der Waals surface area contributed by atoms with Crippen molar-refractivity contribution in [2.75, 3.05) is 5.73 Å². The van der Waals surface area contributed by atoms with Gasteiger partial charge >= 0.3 is 0 Å². The Balaban J connectivity index is 2.04. The monoisotopic (exact) mass is 280 g/mol. The lowest BCUT2D eigenvalue weighted by molar-refractivity contribution is -0.134. The quantitative estimate of drug-likeness (QED) is 0.469. The molecule has 0 aliphatic carbocycles. The number of aliphatic hydroxyl groups excluding tert-OH is 2. The third kappa shape index (κ3) is 1.70. The smallest absolute Gasteiger partial charge is 0.249 e. The van der Waals surface area contributed by atoms with E-state index in [2.05, 4.69) is 15.0 Å². The van der Waals surface area contributed by atoms with Gasteiger partial charge in [0, 0.05) is 0 Å². The summed E-state index contributed by atoms with van der Waals surface area (Å²) in [7, 11) is 0. The molecule has 1 fully saturated rings. The number of ether oxygens (including phenoxy) is 1. The first-order valence-electron chi connectivity index (χ1n) is 5.74. The fraction of sp³-hybridized carbons (Fsp3) is 0.400. The van der Waals surface area contributed by atoms with Crippen LogP contribution in [0.15, 0.2) is 12.7 Å². The van der Waals surface area contributed by atoms with Crippen molar-refractivity contribution in [1.29, 1.82) is 0 Å². The zero-order chi connectivity index (χ0) is 14.4. The van der Waals surface area contributed by atoms with E-state index in [9.17, 15) is 15.0 Å². The van der Waals surface area contributed by atoms with Gasteiger partial charge in [-0.1, -0.05) is 0 Å². The maximum Gasteiger partial charge on any atom is 0.249 e. The molecular formula is C10H12N6O4. The second-order valence-electron chi connectivity index (χ2n) is 4.41. The van der Waals surface area contributed by atoms with Crippen molar-refractivity contribution in [3.05, 3.63) is 12.7 Å². The summed E-state index contributed by atoms with van der Waals surface area (Å²) >= 11 is 0. The number of carbonyl (C=O) groups is 1. The Labute approximate surface area is 112 Å². The molecule has 0 saturated carbocycles. The van der Waals surface area contributed by atoms with Crippen LogP contribution >= 0.6 is 0 Å². The summed E-state index contributed by atoms with van der Waals surface area (Å²) in [5.41, 5.74) is 11.4. The van der Waals surface area contributed by atoms with E-state index in [4.69, 9.17) is 16.2 Å². The van der Waals surface area contributed by atoms with Gasteiger partial charge in [0.1, 0.15) is 24.1 Å². The average Bonchev–Trinajstić information content (AvgIpc) is 2.94. The number of hydrogen-bond donors (Lipinski definition) is 4. The molecule has 0 aromatic carbocycles. The number of nitrogens with two attached hydrogens (primary N) is 2. The number of imidazole rings is 1. The van der Waals surface area contributed by atoms with E-state index < -0.39 is 30.4 Å². The molecule has 10 heteroatoms. The third-order valence-corrected chi connectivity index (χ3v) is 3.18. The van der Waals surface area contributed by atoms with Gasteiger partial charge in [-0.25, -0.2) is 15.0 Å². The Morgan fingerprint density at radius 2 is 2.05 bits per heavy atom. The average molecular weight is 280 g/mol. The Bertz CT molecular complexity index is 673. The van der Waals surface area contributed by atoms with Gasteiger partial charge in [0.25, 0.3) is 0 Å². The topological polar surface area (TPSA) is 162 Å². The molecule has 0 radical (unpaired) electrons. The molecule has 1 saturated heterocycles. The van der Waals surface area contributed by atoms with E-state index in [1.807, 2.05) is 0 Å². The van der Waals surface area contributed by atoms with Crippen molar-refractivity contribution in [3.63, 3.8) is 0 Å². The van der Waals surface area contributed by atoms with Crippen molar-refractivity contribution < 1.29 is 19.7 Å². The predicted molar refractivity (Wildman–Crippen MR) is 64.9 cm³/mol. The Morgan fingerprint density at radius 3 is 2.70 bits per heavy atom. The summed E-state index contributed by atoms with van der Waals surface area (Å²) in [6.07, 6.45) is -2.54. The van der Waals surface area contributed by atoms with Crippen molar-refractivity contribution in [3.8, 4) is 0 Å². The molecule has 106 valence electrons. The van der Waals surface area contributed by atoms with Gasteiger partial charge in [0.2, 0.25) is 5.91 Å². The number of nitrogen functional groups attached to an aromatic ring is 1. The largest absolute Gasteiger partial charge is 0.387 e. The minimum Gasteiger partial charge on any atom is -0.387 e. The molecule has 1 aliphatic heterocycles. The Kier molecular flexibility index (Phi) is 2.78. The van der Waals surface area contributed by atoms with Crippen molar-refractivity contribution in [2.24, 2.45) is 5.73 Å². The van der Waals surface area contributed by atoms with Crippen LogP contribution < -0.4 is 11.5 Å². The van der Waals surface area contributed by atoms with Gasteiger partial charge in [-0.05, 0) is 0 Å². The zero-order valence-corrected chi connectivity index (χ0v) is 10.1. The fourth-order valence-electron chi connectivity index (χ4n) is 2.18. The van der Waals surface area contributed by atoms with Gasteiger partial charge < -0.3 is 26.4 Å². The van der Waals surface area contributed by atoms with Crippen LogP contribution in [0.5, 0.6) is 0 Å². The molecule has 1 aliphatic rings. The van der Waals surface area contributed by atoms with Crippen LogP contribution in [0.1, 0.15) is 6.23 Å². The van der Waals surface area contributed by atoms with Crippen LogP contribution in [0, 0.1) is 0 Å². The number of primary amides is 1. The van der Waals surface area contributed by atoms with Crippen molar-refractivity contribution in [1.82, 2.24) is 19.5 Å². The highest BCUT2D eigenvalue weighted by molar-refractivity contribution is 5.81. The molecule has 10 nitrogen and oxygen atoms in total. The van der Waals surface area contributed by atoms with E-state index in [1.165, 1.54) is 17.2 Å². The number of rotatable bonds is 2. The highest BCUT2D eigenvalue weighted by Gasteiger charge is 2.47. The minimum absolute atomic E-state index is 0.174. The van der Waals surface area contributed by atoms with E-state index in [1.54, 1.807) is 0 Å². The van der Waals surface area contributed by atoms with Gasteiger partial charge in [-0.2, -0.15) is 0 Å². The maximum absolute atomic E-state index is 11.1. The third-order valence-electron chi connectivity index (χ3n) is 3.18. The lowest BCUT2D eigenvalue weighted by Gasteiger charge is -2.16.